The number of piperidine rings is 1. The molecule has 0 radical (unpaired) electrons. The third-order valence-corrected chi connectivity index (χ3v) is 8.98. The van der Waals surface area contributed by atoms with Gasteiger partial charge in [-0.25, -0.2) is 4.79 Å². The van der Waals surface area contributed by atoms with Crippen LogP contribution in [0.25, 0.3) is 11.1 Å². The number of hydrogen-bond acceptors (Lipinski definition) is 5. The van der Waals surface area contributed by atoms with Crippen molar-refractivity contribution in [1.82, 2.24) is 10.2 Å². The molecule has 3 atom stereocenters. The van der Waals surface area contributed by atoms with Crippen molar-refractivity contribution in [3.8, 4) is 11.1 Å². The highest BCUT2D eigenvalue weighted by molar-refractivity contribution is 6.30. The van der Waals surface area contributed by atoms with Crippen molar-refractivity contribution in [2.24, 2.45) is 11.3 Å². The van der Waals surface area contributed by atoms with E-state index >= 15 is 0 Å². The first-order valence-electron chi connectivity index (χ1n) is 15.1. The van der Waals surface area contributed by atoms with Gasteiger partial charge in [-0.2, -0.15) is 0 Å². The number of benzene rings is 3. The van der Waals surface area contributed by atoms with E-state index in [1.165, 1.54) is 38.2 Å². The minimum Gasteiger partial charge on any atom is -0.465 e. The molecule has 0 spiro atoms. The molecule has 2 aliphatic rings. The Hall–Kier alpha value is -3.48. The number of methoxy groups -OCH3 is 1. The standard InChI is InChI=1S/C22H23NO4.C14H20ClN/c1-27-22(26)19-12-17(15-7-3-2-4-8-15)11-18(13-19)21(25)23-20-10-6-5-9-16(20)14-24;1-14(2)10-16(3)9-8-13(14)11-4-6-12(15)7-5-11/h2-4,7-8,11-14,16,20H,5-6,9-10H2,1H3,(H,23,25);4-7,13H,8-10H2,1-3H3/t16-,20-;/m1./s1. The lowest BCUT2D eigenvalue weighted by Gasteiger charge is -2.43. The number of carbonyl (C=O) groups is 3. The molecular weight excluding hydrogens is 560 g/mol. The molecule has 5 rings (SSSR count). The fraction of sp³-hybridized carbons (Fsp3) is 0.417. The van der Waals surface area contributed by atoms with E-state index in [2.05, 4.69) is 43.2 Å². The average molecular weight is 603 g/mol. The molecule has 3 aromatic carbocycles. The number of nitrogens with one attached hydrogen (secondary N) is 1. The van der Waals surface area contributed by atoms with Crippen molar-refractivity contribution in [3.05, 3.63) is 94.5 Å². The molecule has 0 bridgehead atoms. The first-order chi connectivity index (χ1) is 20.6. The van der Waals surface area contributed by atoms with Crippen molar-refractivity contribution in [2.45, 2.75) is 57.9 Å². The molecule has 7 heteroatoms. The summed E-state index contributed by atoms with van der Waals surface area (Å²) in [6.45, 7) is 7.08. The number of aldehydes is 1. The van der Waals surface area contributed by atoms with Crippen LogP contribution in [0.3, 0.4) is 0 Å². The van der Waals surface area contributed by atoms with Crippen LogP contribution in [0.2, 0.25) is 5.02 Å². The highest BCUT2D eigenvalue weighted by Gasteiger charge is 2.35. The van der Waals surface area contributed by atoms with Gasteiger partial charge in [0.1, 0.15) is 6.29 Å². The molecule has 1 amide bonds. The predicted molar refractivity (Wildman–Crippen MR) is 173 cm³/mol. The summed E-state index contributed by atoms with van der Waals surface area (Å²) in [5.74, 6) is -0.275. The first-order valence-corrected chi connectivity index (χ1v) is 15.5. The van der Waals surface area contributed by atoms with Crippen molar-refractivity contribution >= 4 is 29.8 Å². The molecule has 1 unspecified atom stereocenters. The SMILES string of the molecule is CN1CCC(c2ccc(Cl)cc2)C(C)(C)C1.COC(=O)c1cc(C(=O)N[C@@H]2CCCC[C@@H]2C=O)cc(-c2ccccc2)c1. The van der Waals surface area contributed by atoms with Gasteiger partial charge in [-0.1, -0.05) is 80.8 Å². The zero-order valence-electron chi connectivity index (χ0n) is 25.6. The van der Waals surface area contributed by atoms with Gasteiger partial charge >= 0.3 is 5.97 Å². The Morgan fingerprint density at radius 2 is 1.60 bits per heavy atom. The highest BCUT2D eigenvalue weighted by Crippen LogP contribution is 2.41. The number of rotatable bonds is 6. The van der Waals surface area contributed by atoms with Crippen LogP contribution in [0.15, 0.2) is 72.8 Å². The van der Waals surface area contributed by atoms with Crippen molar-refractivity contribution in [3.63, 3.8) is 0 Å². The van der Waals surface area contributed by atoms with Crippen molar-refractivity contribution in [1.29, 1.82) is 0 Å². The fourth-order valence-corrected chi connectivity index (χ4v) is 6.61. The summed E-state index contributed by atoms with van der Waals surface area (Å²) in [6.07, 6.45) is 5.76. The maximum atomic E-state index is 12.8. The van der Waals surface area contributed by atoms with Gasteiger partial charge in [0.25, 0.3) is 5.91 Å². The second kappa shape index (κ2) is 14.8. The number of nitrogens with zero attached hydrogens (tertiary/aromatic N) is 1. The average Bonchev–Trinajstić information content (AvgIpc) is 3.01. The van der Waals surface area contributed by atoms with Crippen LogP contribution in [0.5, 0.6) is 0 Å². The van der Waals surface area contributed by atoms with Gasteiger partial charge in [-0.15, -0.1) is 0 Å². The van der Waals surface area contributed by atoms with Crippen LogP contribution in [-0.4, -0.2) is 56.4 Å². The van der Waals surface area contributed by atoms with E-state index in [0.29, 0.717) is 22.5 Å². The first kappa shape index (κ1) is 32.4. The second-order valence-corrected chi connectivity index (χ2v) is 12.9. The lowest BCUT2D eigenvalue weighted by atomic mass is 9.71. The smallest absolute Gasteiger partial charge is 0.337 e. The number of esters is 1. The summed E-state index contributed by atoms with van der Waals surface area (Å²) in [6, 6.07) is 22.8. The zero-order valence-corrected chi connectivity index (χ0v) is 26.4. The number of carbonyl (C=O) groups excluding carboxylic acids is 3. The predicted octanol–water partition coefficient (Wildman–Crippen LogP) is 7.41. The Morgan fingerprint density at radius 3 is 2.26 bits per heavy atom. The highest BCUT2D eigenvalue weighted by atomic mass is 35.5. The number of hydrogen-bond donors (Lipinski definition) is 1. The van der Waals surface area contributed by atoms with Gasteiger partial charge in [0.05, 0.1) is 12.7 Å². The molecule has 0 aromatic heterocycles. The second-order valence-electron chi connectivity index (χ2n) is 12.4. The Kier molecular flexibility index (Phi) is 11.2. The summed E-state index contributed by atoms with van der Waals surface area (Å²) in [4.78, 5) is 38.6. The molecule has 1 saturated carbocycles. The van der Waals surface area contributed by atoms with E-state index in [-0.39, 0.29) is 17.9 Å². The summed E-state index contributed by atoms with van der Waals surface area (Å²) in [7, 11) is 3.52. The molecule has 1 aliphatic carbocycles. The number of amides is 1. The van der Waals surface area contributed by atoms with Gasteiger partial charge in [-0.05, 0) is 91.2 Å². The van der Waals surface area contributed by atoms with Crippen LogP contribution >= 0.6 is 11.6 Å². The Morgan fingerprint density at radius 1 is 0.930 bits per heavy atom. The van der Waals surface area contributed by atoms with Gasteiger partial charge < -0.3 is 19.7 Å². The van der Waals surface area contributed by atoms with Gasteiger partial charge in [0.2, 0.25) is 0 Å². The van der Waals surface area contributed by atoms with E-state index in [0.717, 1.165) is 48.1 Å². The maximum Gasteiger partial charge on any atom is 0.337 e. The van der Waals surface area contributed by atoms with Gasteiger partial charge in [0.15, 0.2) is 0 Å². The third-order valence-electron chi connectivity index (χ3n) is 8.73. The van der Waals surface area contributed by atoms with E-state index in [1.54, 1.807) is 12.1 Å². The Labute approximate surface area is 260 Å². The molecule has 1 saturated heterocycles. The van der Waals surface area contributed by atoms with E-state index in [1.807, 2.05) is 42.5 Å². The van der Waals surface area contributed by atoms with Crippen molar-refractivity contribution in [2.75, 3.05) is 27.2 Å². The zero-order chi connectivity index (χ0) is 31.0. The van der Waals surface area contributed by atoms with Gasteiger partial charge in [-0.3, -0.25) is 4.79 Å². The molecule has 6 nitrogen and oxygen atoms in total. The van der Waals surface area contributed by atoms with Crippen LogP contribution in [-0.2, 0) is 9.53 Å². The third kappa shape index (κ3) is 8.55. The number of likely N-dealkylation sites (tertiary alicyclic amines) is 1. The normalized spacial score (nSPS) is 21.6. The van der Waals surface area contributed by atoms with E-state index < -0.39 is 5.97 Å². The summed E-state index contributed by atoms with van der Waals surface area (Å²) >= 11 is 5.94. The van der Waals surface area contributed by atoms with E-state index in [9.17, 15) is 14.4 Å². The van der Waals surface area contributed by atoms with Crippen LogP contribution < -0.4 is 5.32 Å². The van der Waals surface area contributed by atoms with Crippen molar-refractivity contribution < 1.29 is 19.1 Å². The van der Waals surface area contributed by atoms with Crippen LogP contribution in [0.1, 0.15) is 78.1 Å². The molecule has 228 valence electrons. The van der Waals surface area contributed by atoms with Crippen LogP contribution in [0.4, 0.5) is 0 Å². The molecular formula is C36H43ClN2O4. The van der Waals surface area contributed by atoms with Gasteiger partial charge in [0, 0.05) is 29.1 Å². The molecule has 3 aromatic rings. The molecule has 1 heterocycles. The fourth-order valence-electron chi connectivity index (χ4n) is 6.48. The summed E-state index contributed by atoms with van der Waals surface area (Å²) in [5, 5.41) is 3.80. The van der Waals surface area contributed by atoms with E-state index in [4.69, 9.17) is 16.3 Å². The quantitative estimate of drug-likeness (QED) is 0.235. The lowest BCUT2D eigenvalue weighted by molar-refractivity contribution is -0.112. The number of ether oxygens (including phenoxy) is 1. The molecule has 1 aliphatic heterocycles. The Bertz CT molecular complexity index is 1390. The lowest BCUT2D eigenvalue weighted by Crippen LogP contribution is -2.42. The number of halogens is 1. The maximum absolute atomic E-state index is 12.8. The minimum atomic E-state index is -0.495. The molecule has 2 fully saturated rings. The molecule has 1 N–H and O–H groups in total. The van der Waals surface area contributed by atoms with Crippen LogP contribution in [0, 0.1) is 11.3 Å². The topological polar surface area (TPSA) is 75.7 Å². The minimum absolute atomic E-state index is 0.153. The summed E-state index contributed by atoms with van der Waals surface area (Å²) in [5.41, 5.74) is 4.15. The molecule has 43 heavy (non-hydrogen) atoms. The largest absolute Gasteiger partial charge is 0.465 e. The summed E-state index contributed by atoms with van der Waals surface area (Å²) < 4.78 is 4.83. The monoisotopic (exact) mass is 602 g/mol. The Balaban J connectivity index is 0.000000225.